The van der Waals surface area contributed by atoms with Crippen molar-refractivity contribution in [3.63, 3.8) is 0 Å². The van der Waals surface area contributed by atoms with Crippen molar-refractivity contribution in [1.29, 1.82) is 0 Å². The van der Waals surface area contributed by atoms with Crippen LogP contribution in [0.5, 0.6) is 0 Å². The van der Waals surface area contributed by atoms with E-state index in [-0.39, 0.29) is 10.3 Å². The molecule has 4 aromatic rings. The predicted octanol–water partition coefficient (Wildman–Crippen LogP) is 5.43. The quantitative estimate of drug-likeness (QED) is 0.488. The molecule has 3 aromatic heterocycles. The lowest BCUT2D eigenvalue weighted by atomic mass is 10.1. The lowest BCUT2D eigenvalue weighted by Crippen LogP contribution is -1.81. The van der Waals surface area contributed by atoms with Crippen LogP contribution in [0, 0.1) is 10.3 Å². The second-order valence-electron chi connectivity index (χ2n) is 4.33. The number of aromatic nitrogens is 2. The van der Waals surface area contributed by atoms with E-state index in [4.69, 9.17) is 0 Å². The van der Waals surface area contributed by atoms with Crippen molar-refractivity contribution in [2.75, 3.05) is 0 Å². The van der Waals surface area contributed by atoms with Gasteiger partial charge in [-0.1, -0.05) is 12.1 Å². The number of hydrogen-bond donors (Lipinski definition) is 0. The summed E-state index contributed by atoms with van der Waals surface area (Å²) < 4.78 is 35.1. The maximum atomic E-state index is 13.2. The Morgan fingerprint density at radius 1 is 0.667 bits per heavy atom. The molecule has 21 heavy (non-hydrogen) atoms. The first kappa shape index (κ1) is 13.0. The minimum absolute atomic E-state index is 0.231. The first-order chi connectivity index (χ1) is 10.2. The normalized spacial score (nSPS) is 11.3. The highest BCUT2D eigenvalue weighted by Crippen LogP contribution is 2.38. The Bertz CT molecular complexity index is 864. The average molecular weight is 336 g/mol. The number of thiophene rings is 2. The molecular weight excluding hydrogens is 330 g/mol. The van der Waals surface area contributed by atoms with Crippen LogP contribution in [-0.2, 0) is 0 Å². The zero-order chi connectivity index (χ0) is 14.4. The molecule has 0 fully saturated rings. The van der Waals surface area contributed by atoms with Gasteiger partial charge in [0.15, 0.2) is 10.3 Å². The fraction of sp³-hybridized carbons (Fsp3) is 0. The lowest BCUT2D eigenvalue weighted by molar-refractivity contribution is 0.657. The maximum Gasteiger partial charge on any atom is 0.176 e. The van der Waals surface area contributed by atoms with Crippen LogP contribution in [0.4, 0.5) is 8.78 Å². The summed E-state index contributed by atoms with van der Waals surface area (Å²) in [5.74, 6) is 0. The first-order valence-corrected chi connectivity index (χ1v) is 8.35. The topological polar surface area (TPSA) is 25.8 Å². The number of rotatable bonds is 2. The molecule has 0 aliphatic heterocycles. The van der Waals surface area contributed by atoms with Gasteiger partial charge in [-0.2, -0.15) is 17.5 Å². The Labute approximate surface area is 130 Å². The molecule has 0 spiro atoms. The Morgan fingerprint density at radius 3 is 1.52 bits per heavy atom. The van der Waals surface area contributed by atoms with E-state index in [1.54, 1.807) is 12.1 Å². The standard InChI is InChI=1S/C14H6F2N2S3/c15-11-5-3-9(19-11)7-1-2-8(10-4-6-12(16)20-10)14-13(7)17-21-18-14/h1-6H. The summed E-state index contributed by atoms with van der Waals surface area (Å²) in [6, 6.07) is 10.1. The molecule has 0 saturated carbocycles. The summed E-state index contributed by atoms with van der Waals surface area (Å²) in [7, 11) is 0. The highest BCUT2D eigenvalue weighted by molar-refractivity contribution is 7.14. The average Bonchev–Trinajstić information content (AvgIpc) is 3.18. The van der Waals surface area contributed by atoms with Crippen LogP contribution in [0.2, 0.25) is 0 Å². The van der Waals surface area contributed by atoms with Gasteiger partial charge in [0, 0.05) is 20.9 Å². The zero-order valence-electron chi connectivity index (χ0n) is 10.3. The molecule has 0 aliphatic carbocycles. The molecule has 0 bridgehead atoms. The third-order valence-corrected chi connectivity index (χ3v) is 5.44. The van der Waals surface area contributed by atoms with Gasteiger partial charge in [0.05, 0.1) is 11.7 Å². The third-order valence-electron chi connectivity index (χ3n) is 3.09. The van der Waals surface area contributed by atoms with Gasteiger partial charge in [-0.3, -0.25) is 0 Å². The number of nitrogens with zero attached hydrogens (tertiary/aromatic N) is 2. The highest BCUT2D eigenvalue weighted by Gasteiger charge is 2.15. The Balaban J connectivity index is 1.96. The fourth-order valence-electron chi connectivity index (χ4n) is 2.18. The Kier molecular flexibility index (Phi) is 3.06. The summed E-state index contributed by atoms with van der Waals surface area (Å²) in [5, 5.41) is -0.462. The van der Waals surface area contributed by atoms with Gasteiger partial charge in [0.25, 0.3) is 0 Å². The summed E-state index contributed by atoms with van der Waals surface area (Å²) in [6.45, 7) is 0. The molecule has 104 valence electrons. The van der Waals surface area contributed by atoms with Gasteiger partial charge in [0.2, 0.25) is 0 Å². The zero-order valence-corrected chi connectivity index (χ0v) is 12.8. The van der Waals surface area contributed by atoms with Crippen LogP contribution < -0.4 is 0 Å². The van der Waals surface area contributed by atoms with E-state index in [0.29, 0.717) is 0 Å². The molecule has 0 atom stereocenters. The van der Waals surface area contributed by atoms with Crippen molar-refractivity contribution in [3.05, 3.63) is 46.7 Å². The van der Waals surface area contributed by atoms with Gasteiger partial charge in [-0.05, 0) is 24.3 Å². The van der Waals surface area contributed by atoms with E-state index < -0.39 is 0 Å². The van der Waals surface area contributed by atoms with Gasteiger partial charge in [-0.15, -0.1) is 22.7 Å². The number of fused-ring (bicyclic) bond motifs is 1. The smallest absolute Gasteiger partial charge is 0.176 e. The van der Waals surface area contributed by atoms with E-state index in [9.17, 15) is 8.78 Å². The van der Waals surface area contributed by atoms with Crippen molar-refractivity contribution in [3.8, 4) is 20.9 Å². The Hall–Kier alpha value is -1.70. The molecule has 0 aliphatic rings. The van der Waals surface area contributed by atoms with Crippen molar-refractivity contribution in [1.82, 2.24) is 8.75 Å². The van der Waals surface area contributed by atoms with Crippen LogP contribution in [0.15, 0.2) is 36.4 Å². The minimum atomic E-state index is -0.231. The third kappa shape index (κ3) is 2.17. The monoisotopic (exact) mass is 336 g/mol. The maximum absolute atomic E-state index is 13.2. The number of hydrogen-bond acceptors (Lipinski definition) is 5. The fourth-order valence-corrected chi connectivity index (χ4v) is 4.27. The molecule has 0 N–H and O–H groups in total. The molecule has 0 unspecified atom stereocenters. The second kappa shape index (κ2) is 4.94. The van der Waals surface area contributed by atoms with Crippen molar-refractivity contribution in [2.45, 2.75) is 0 Å². The summed E-state index contributed by atoms with van der Waals surface area (Å²) in [5.41, 5.74) is 3.17. The number of benzene rings is 1. The van der Waals surface area contributed by atoms with Gasteiger partial charge in [-0.25, -0.2) is 0 Å². The molecule has 7 heteroatoms. The van der Waals surface area contributed by atoms with Crippen LogP contribution in [0.25, 0.3) is 31.9 Å². The van der Waals surface area contributed by atoms with Crippen LogP contribution in [0.3, 0.4) is 0 Å². The predicted molar refractivity (Wildman–Crippen MR) is 84.0 cm³/mol. The SMILES string of the molecule is Fc1ccc(-c2ccc(-c3ccc(F)s3)c3nsnc23)s1. The van der Waals surface area contributed by atoms with Gasteiger partial charge < -0.3 is 0 Å². The van der Waals surface area contributed by atoms with Crippen LogP contribution in [-0.4, -0.2) is 8.75 Å². The van der Waals surface area contributed by atoms with Gasteiger partial charge >= 0.3 is 0 Å². The molecule has 3 heterocycles. The van der Waals surface area contributed by atoms with E-state index in [1.165, 1.54) is 12.1 Å². The largest absolute Gasteiger partial charge is 0.195 e. The molecule has 0 radical (unpaired) electrons. The molecular formula is C14H6F2N2S3. The highest BCUT2D eigenvalue weighted by atomic mass is 32.1. The van der Waals surface area contributed by atoms with E-state index in [2.05, 4.69) is 8.75 Å². The summed E-state index contributed by atoms with van der Waals surface area (Å²) in [6.07, 6.45) is 0. The number of halogens is 2. The van der Waals surface area contributed by atoms with Gasteiger partial charge in [0.1, 0.15) is 11.0 Å². The van der Waals surface area contributed by atoms with Crippen LogP contribution in [0.1, 0.15) is 0 Å². The van der Waals surface area contributed by atoms with Crippen molar-refractivity contribution in [2.24, 2.45) is 0 Å². The Morgan fingerprint density at radius 2 is 1.14 bits per heavy atom. The molecule has 1 aromatic carbocycles. The van der Waals surface area contributed by atoms with E-state index >= 15 is 0 Å². The molecule has 0 amide bonds. The van der Waals surface area contributed by atoms with E-state index in [1.807, 2.05) is 12.1 Å². The first-order valence-electron chi connectivity index (χ1n) is 5.99. The summed E-state index contributed by atoms with van der Waals surface area (Å²) >= 11 is 3.26. The lowest BCUT2D eigenvalue weighted by Gasteiger charge is -2.03. The molecule has 4 rings (SSSR count). The minimum Gasteiger partial charge on any atom is -0.195 e. The van der Waals surface area contributed by atoms with Crippen molar-refractivity contribution < 1.29 is 8.78 Å². The van der Waals surface area contributed by atoms with Crippen molar-refractivity contribution >= 4 is 45.4 Å². The van der Waals surface area contributed by atoms with E-state index in [0.717, 1.165) is 66.3 Å². The molecule has 0 saturated heterocycles. The second-order valence-corrected chi connectivity index (χ2v) is 6.93. The summed E-state index contributed by atoms with van der Waals surface area (Å²) in [4.78, 5) is 1.63. The van der Waals surface area contributed by atoms with Crippen LogP contribution >= 0.6 is 34.4 Å². The molecule has 2 nitrogen and oxygen atoms in total.